The lowest BCUT2D eigenvalue weighted by molar-refractivity contribution is 0.846. The first-order chi connectivity index (χ1) is 14.9. The van der Waals surface area contributed by atoms with E-state index in [4.69, 9.17) is 0 Å². The van der Waals surface area contributed by atoms with E-state index in [0.717, 1.165) is 12.1 Å². The largest absolute Gasteiger partial charge is 0.361 e. The molecule has 1 aliphatic heterocycles. The maximum atomic E-state index is 4.58. The summed E-state index contributed by atoms with van der Waals surface area (Å²) in [5.41, 5.74) is 8.49. The molecular weight excluding hydrogens is 366 g/mol. The number of nitrogens with one attached hydrogen (secondary N) is 2. The summed E-state index contributed by atoms with van der Waals surface area (Å²) in [5.74, 6) is 0.242. The molecule has 30 heavy (non-hydrogen) atoms. The number of allylic oxidation sites excluding steroid dienone is 2. The van der Waals surface area contributed by atoms with Crippen molar-refractivity contribution in [3.63, 3.8) is 0 Å². The average Bonchev–Trinajstić information content (AvgIpc) is 3.52. The van der Waals surface area contributed by atoms with Crippen LogP contribution in [-0.2, 0) is 0 Å². The lowest BCUT2D eigenvalue weighted by Gasteiger charge is -2.15. The summed E-state index contributed by atoms with van der Waals surface area (Å²) in [5, 5.41) is 2.57. The van der Waals surface area contributed by atoms with Gasteiger partial charge in [0.05, 0.1) is 5.69 Å². The Morgan fingerprint density at radius 3 is 2.03 bits per heavy atom. The Balaban J connectivity index is 1.48. The number of aliphatic imine (C=N–C) groups is 1. The minimum absolute atomic E-state index is 0.242. The molecule has 5 aromatic rings. The Hall–Kier alpha value is -3.85. The van der Waals surface area contributed by atoms with Crippen LogP contribution in [0.3, 0.4) is 0 Å². The summed E-state index contributed by atoms with van der Waals surface area (Å²) >= 11 is 0. The minimum atomic E-state index is 0.242. The zero-order valence-corrected chi connectivity index (χ0v) is 16.5. The molecule has 3 heterocycles. The van der Waals surface area contributed by atoms with Crippen molar-refractivity contribution in [3.8, 4) is 0 Å². The van der Waals surface area contributed by atoms with Gasteiger partial charge in [-0.05, 0) is 41.3 Å². The van der Waals surface area contributed by atoms with Crippen LogP contribution in [0.5, 0.6) is 0 Å². The number of hydrogen-bond acceptors (Lipinski definition) is 1. The van der Waals surface area contributed by atoms with Crippen molar-refractivity contribution < 1.29 is 0 Å². The highest BCUT2D eigenvalue weighted by molar-refractivity contribution is 6.16. The number of aromatic amines is 2. The second kappa shape index (κ2) is 6.89. The Bertz CT molecular complexity index is 1360. The van der Waals surface area contributed by atoms with Gasteiger partial charge in [-0.25, -0.2) is 0 Å². The van der Waals surface area contributed by atoms with Crippen LogP contribution >= 0.6 is 0 Å². The van der Waals surface area contributed by atoms with E-state index in [-0.39, 0.29) is 5.92 Å². The van der Waals surface area contributed by atoms with E-state index < -0.39 is 0 Å². The molecule has 2 aromatic heterocycles. The Labute approximate surface area is 174 Å². The highest BCUT2D eigenvalue weighted by Gasteiger charge is 2.21. The number of rotatable bonds is 4. The van der Waals surface area contributed by atoms with Gasteiger partial charge in [-0.2, -0.15) is 0 Å². The van der Waals surface area contributed by atoms with Gasteiger partial charge >= 0.3 is 0 Å². The van der Waals surface area contributed by atoms with E-state index in [0.29, 0.717) is 0 Å². The average molecular weight is 387 g/mol. The van der Waals surface area contributed by atoms with Crippen LogP contribution in [0.25, 0.3) is 27.4 Å². The van der Waals surface area contributed by atoms with E-state index >= 15 is 0 Å². The third-order valence-electron chi connectivity index (χ3n) is 6.12. The van der Waals surface area contributed by atoms with Crippen molar-refractivity contribution in [2.24, 2.45) is 4.99 Å². The number of hydrogen-bond donors (Lipinski definition) is 2. The van der Waals surface area contributed by atoms with Gasteiger partial charge in [0.2, 0.25) is 0 Å². The molecule has 2 N–H and O–H groups in total. The van der Waals surface area contributed by atoms with E-state index in [2.05, 4.69) is 100 Å². The number of aromatic nitrogens is 2. The van der Waals surface area contributed by atoms with Gasteiger partial charge in [-0.15, -0.1) is 0 Å². The summed E-state index contributed by atoms with van der Waals surface area (Å²) in [4.78, 5) is 11.5. The molecule has 3 nitrogen and oxygen atoms in total. The van der Waals surface area contributed by atoms with Gasteiger partial charge < -0.3 is 9.97 Å². The van der Waals surface area contributed by atoms with Crippen LogP contribution < -0.4 is 0 Å². The summed E-state index contributed by atoms with van der Waals surface area (Å²) in [6.45, 7) is 0. The molecule has 0 radical (unpaired) electrons. The lowest BCUT2D eigenvalue weighted by Crippen LogP contribution is -1.99. The molecule has 0 unspecified atom stereocenters. The monoisotopic (exact) mass is 387 g/mol. The molecule has 0 saturated heterocycles. The van der Waals surface area contributed by atoms with Crippen LogP contribution in [0.4, 0.5) is 5.69 Å². The van der Waals surface area contributed by atoms with Crippen molar-refractivity contribution >= 4 is 39.3 Å². The van der Waals surface area contributed by atoms with Crippen LogP contribution in [0.15, 0.2) is 96.3 Å². The second-order valence-corrected chi connectivity index (χ2v) is 7.80. The Kier molecular flexibility index (Phi) is 3.91. The standard InChI is InChI=1S/C27H21N3/c1-4-10-25-19(7-1)18(15-28-25)13-14-20(23-16-29-26-11-5-2-8-21(23)26)24-17-30-27-12-6-3-9-22(24)27/h1-13,15-17,20,29-30H,14H2/b18-13-. The van der Waals surface area contributed by atoms with Crippen LogP contribution in [0, 0.1) is 0 Å². The molecule has 144 valence electrons. The maximum absolute atomic E-state index is 4.58. The zero-order valence-electron chi connectivity index (χ0n) is 16.5. The molecule has 3 heteroatoms. The molecule has 0 fully saturated rings. The first-order valence-electron chi connectivity index (χ1n) is 10.3. The quantitative estimate of drug-likeness (QED) is 0.334. The van der Waals surface area contributed by atoms with E-state index in [1.165, 1.54) is 44.1 Å². The summed E-state index contributed by atoms with van der Waals surface area (Å²) in [6, 6.07) is 25.4. The van der Waals surface area contributed by atoms with Gasteiger partial charge in [-0.3, -0.25) is 4.99 Å². The van der Waals surface area contributed by atoms with Crippen molar-refractivity contribution in [1.29, 1.82) is 0 Å². The van der Waals surface area contributed by atoms with E-state index in [1.54, 1.807) is 0 Å². The first-order valence-corrected chi connectivity index (χ1v) is 10.3. The number of benzene rings is 3. The topological polar surface area (TPSA) is 43.9 Å². The summed E-state index contributed by atoms with van der Waals surface area (Å²) in [7, 11) is 0. The molecule has 0 bridgehead atoms. The van der Waals surface area contributed by atoms with Gasteiger partial charge in [0, 0.05) is 51.9 Å². The fourth-order valence-corrected chi connectivity index (χ4v) is 4.63. The highest BCUT2D eigenvalue weighted by atomic mass is 14.8. The lowest BCUT2D eigenvalue weighted by atomic mass is 9.87. The predicted octanol–water partition coefficient (Wildman–Crippen LogP) is 6.97. The highest BCUT2D eigenvalue weighted by Crippen LogP contribution is 2.39. The fourth-order valence-electron chi connectivity index (χ4n) is 4.63. The molecule has 0 atom stereocenters. The Morgan fingerprint density at radius 2 is 1.33 bits per heavy atom. The second-order valence-electron chi connectivity index (χ2n) is 7.80. The van der Waals surface area contributed by atoms with Crippen molar-refractivity contribution in [3.05, 3.63) is 108 Å². The number of nitrogens with zero attached hydrogens (tertiary/aromatic N) is 1. The zero-order chi connectivity index (χ0) is 19.9. The normalized spacial score (nSPS) is 14.4. The minimum Gasteiger partial charge on any atom is -0.361 e. The van der Waals surface area contributed by atoms with Gasteiger partial charge in [-0.1, -0.05) is 60.7 Å². The molecule has 0 amide bonds. The van der Waals surface area contributed by atoms with Gasteiger partial charge in [0.15, 0.2) is 0 Å². The Morgan fingerprint density at radius 1 is 0.733 bits per heavy atom. The van der Waals surface area contributed by atoms with Crippen LogP contribution in [-0.4, -0.2) is 16.2 Å². The third-order valence-corrected chi connectivity index (χ3v) is 6.12. The molecule has 3 aromatic carbocycles. The maximum Gasteiger partial charge on any atom is 0.0708 e. The van der Waals surface area contributed by atoms with Crippen molar-refractivity contribution in [1.82, 2.24) is 9.97 Å². The van der Waals surface area contributed by atoms with E-state index in [9.17, 15) is 0 Å². The van der Waals surface area contributed by atoms with Crippen molar-refractivity contribution in [2.45, 2.75) is 12.3 Å². The van der Waals surface area contributed by atoms with Crippen molar-refractivity contribution in [2.75, 3.05) is 0 Å². The van der Waals surface area contributed by atoms with Gasteiger partial charge in [0.25, 0.3) is 0 Å². The number of H-pyrrole nitrogens is 2. The first kappa shape index (κ1) is 17.0. The van der Waals surface area contributed by atoms with E-state index in [1.807, 2.05) is 12.3 Å². The summed E-state index contributed by atoms with van der Waals surface area (Å²) < 4.78 is 0. The number of fused-ring (bicyclic) bond motifs is 3. The third kappa shape index (κ3) is 2.71. The fraction of sp³-hybridized carbons (Fsp3) is 0.0741. The number of para-hydroxylation sites is 3. The summed E-state index contributed by atoms with van der Waals surface area (Å²) in [6.07, 6.45) is 9.58. The molecule has 0 spiro atoms. The molecule has 0 aliphatic carbocycles. The van der Waals surface area contributed by atoms with Crippen LogP contribution in [0.1, 0.15) is 29.0 Å². The van der Waals surface area contributed by atoms with Crippen LogP contribution in [0.2, 0.25) is 0 Å². The molecule has 0 saturated carbocycles. The smallest absolute Gasteiger partial charge is 0.0708 e. The molecule has 1 aliphatic rings. The SMILES string of the molecule is C1=Nc2ccccc2/C1=C\CC(c1c[nH]c2ccccc12)c1c[nH]c2ccccc12. The predicted molar refractivity (Wildman–Crippen MR) is 126 cm³/mol. The molecule has 6 rings (SSSR count). The van der Waals surface area contributed by atoms with Gasteiger partial charge in [0.1, 0.15) is 0 Å². The molecular formula is C27H21N3.